The highest BCUT2D eigenvalue weighted by Crippen LogP contribution is 2.21. The second kappa shape index (κ2) is 2.21. The van der Waals surface area contributed by atoms with Crippen LogP contribution in [0.1, 0.15) is 19.8 Å². The topological polar surface area (TPSA) is 20.3 Å². The highest BCUT2D eigenvalue weighted by atomic mass is 16.2. The number of β-lactam (4-membered cyclic amide) rings is 1. The van der Waals surface area contributed by atoms with Gasteiger partial charge in [-0.05, 0) is 12.6 Å². The molecule has 0 aromatic carbocycles. The van der Waals surface area contributed by atoms with Crippen LogP contribution in [0.5, 0.6) is 0 Å². The monoisotopic (exact) mass is 125 g/mol. The normalized spacial score (nSPS) is 25.7. The van der Waals surface area contributed by atoms with Crippen LogP contribution in [-0.4, -0.2) is 16.8 Å². The standard InChI is InChI=1S/C7H11NO/c1-3-6-5-7(9)8(6)4-2/h4,6H,2-3,5H2,1H3. The third-order valence-electron chi connectivity index (χ3n) is 1.76. The van der Waals surface area contributed by atoms with Crippen LogP contribution in [0.25, 0.3) is 0 Å². The molecule has 1 amide bonds. The number of carbonyl (C=O) groups excluding carboxylic acids is 1. The van der Waals surface area contributed by atoms with E-state index in [2.05, 4.69) is 13.5 Å². The van der Waals surface area contributed by atoms with E-state index in [-0.39, 0.29) is 5.91 Å². The molecule has 0 N–H and O–H groups in total. The molecule has 1 aliphatic rings. The predicted molar refractivity (Wildman–Crippen MR) is 35.7 cm³/mol. The van der Waals surface area contributed by atoms with Crippen molar-refractivity contribution in [3.8, 4) is 0 Å². The Morgan fingerprint density at radius 3 is 2.89 bits per heavy atom. The third kappa shape index (κ3) is 0.846. The lowest BCUT2D eigenvalue weighted by molar-refractivity contribution is -0.141. The van der Waals surface area contributed by atoms with Gasteiger partial charge in [-0.25, -0.2) is 0 Å². The maximum absolute atomic E-state index is 10.7. The van der Waals surface area contributed by atoms with Crippen LogP contribution >= 0.6 is 0 Å². The van der Waals surface area contributed by atoms with E-state index < -0.39 is 0 Å². The van der Waals surface area contributed by atoms with E-state index in [1.807, 2.05) is 0 Å². The van der Waals surface area contributed by atoms with Gasteiger partial charge in [-0.1, -0.05) is 13.5 Å². The summed E-state index contributed by atoms with van der Waals surface area (Å²) in [6.07, 6.45) is 3.36. The molecule has 1 atom stereocenters. The van der Waals surface area contributed by atoms with Crippen molar-refractivity contribution >= 4 is 5.91 Å². The zero-order valence-corrected chi connectivity index (χ0v) is 5.63. The molecule has 1 saturated heterocycles. The molecule has 1 aliphatic heterocycles. The van der Waals surface area contributed by atoms with Gasteiger partial charge in [-0.3, -0.25) is 4.79 Å². The fourth-order valence-corrected chi connectivity index (χ4v) is 1.09. The zero-order valence-electron chi connectivity index (χ0n) is 5.63. The molecule has 0 aromatic rings. The summed E-state index contributed by atoms with van der Waals surface area (Å²) in [6, 6.07) is 0.440. The van der Waals surface area contributed by atoms with Gasteiger partial charge in [-0.2, -0.15) is 0 Å². The van der Waals surface area contributed by atoms with Crippen LogP contribution in [0.4, 0.5) is 0 Å². The average molecular weight is 125 g/mol. The van der Waals surface area contributed by atoms with Crippen molar-refractivity contribution in [3.05, 3.63) is 12.8 Å². The summed E-state index contributed by atoms with van der Waals surface area (Å²) >= 11 is 0. The average Bonchev–Trinajstić information content (AvgIpc) is 1.83. The van der Waals surface area contributed by atoms with Gasteiger partial charge in [0.15, 0.2) is 0 Å². The molecular formula is C7H11NO. The first-order chi connectivity index (χ1) is 4.29. The van der Waals surface area contributed by atoms with Crippen LogP contribution in [0.3, 0.4) is 0 Å². The van der Waals surface area contributed by atoms with E-state index in [4.69, 9.17) is 0 Å². The van der Waals surface area contributed by atoms with Crippen molar-refractivity contribution in [2.75, 3.05) is 0 Å². The largest absolute Gasteiger partial charge is 0.316 e. The summed E-state index contributed by atoms with van der Waals surface area (Å²) in [5.41, 5.74) is 0. The van der Waals surface area contributed by atoms with Gasteiger partial charge < -0.3 is 4.90 Å². The molecule has 2 heteroatoms. The SMILES string of the molecule is C=CN1C(=O)CC1CC. The molecule has 0 aliphatic carbocycles. The van der Waals surface area contributed by atoms with Crippen molar-refractivity contribution in [2.45, 2.75) is 25.8 Å². The smallest absolute Gasteiger partial charge is 0.228 e. The number of amides is 1. The van der Waals surface area contributed by atoms with Crippen molar-refractivity contribution in [2.24, 2.45) is 0 Å². The molecule has 0 radical (unpaired) electrons. The fraction of sp³-hybridized carbons (Fsp3) is 0.571. The summed E-state index contributed by atoms with van der Waals surface area (Å²) in [5.74, 6) is 0.205. The number of hydrogen-bond acceptors (Lipinski definition) is 1. The Morgan fingerprint density at radius 1 is 2.00 bits per heavy atom. The number of carbonyl (C=O) groups is 1. The first kappa shape index (κ1) is 6.33. The molecule has 1 heterocycles. The van der Waals surface area contributed by atoms with Gasteiger partial charge in [0.05, 0.1) is 0 Å². The summed E-state index contributed by atoms with van der Waals surface area (Å²) in [7, 11) is 0. The second-order valence-corrected chi connectivity index (χ2v) is 2.25. The minimum atomic E-state index is 0.205. The molecule has 1 rings (SSSR count). The van der Waals surface area contributed by atoms with E-state index >= 15 is 0 Å². The van der Waals surface area contributed by atoms with Crippen molar-refractivity contribution < 1.29 is 4.79 Å². The van der Waals surface area contributed by atoms with E-state index in [0.717, 1.165) is 6.42 Å². The Morgan fingerprint density at radius 2 is 2.67 bits per heavy atom. The van der Waals surface area contributed by atoms with Crippen molar-refractivity contribution in [3.63, 3.8) is 0 Å². The Balaban J connectivity index is 2.47. The molecule has 0 bridgehead atoms. The second-order valence-electron chi connectivity index (χ2n) is 2.25. The Hall–Kier alpha value is -0.790. The van der Waals surface area contributed by atoms with Gasteiger partial charge in [-0.15, -0.1) is 0 Å². The van der Waals surface area contributed by atoms with Gasteiger partial charge >= 0.3 is 0 Å². The third-order valence-corrected chi connectivity index (χ3v) is 1.76. The molecule has 1 unspecified atom stereocenters. The van der Waals surface area contributed by atoms with Gasteiger partial charge in [0, 0.05) is 12.5 Å². The van der Waals surface area contributed by atoms with Crippen molar-refractivity contribution in [1.82, 2.24) is 4.90 Å². The summed E-state index contributed by atoms with van der Waals surface area (Å²) in [5, 5.41) is 0. The first-order valence-electron chi connectivity index (χ1n) is 3.23. The predicted octanol–water partition coefficient (Wildman–Crippen LogP) is 1.14. The highest BCUT2D eigenvalue weighted by molar-refractivity contribution is 5.83. The van der Waals surface area contributed by atoms with E-state index in [9.17, 15) is 4.79 Å². The lowest BCUT2D eigenvalue weighted by Crippen LogP contribution is -2.48. The molecular weight excluding hydrogens is 114 g/mol. The van der Waals surface area contributed by atoms with Gasteiger partial charge in [0.2, 0.25) is 5.91 Å². The van der Waals surface area contributed by atoms with Crippen molar-refractivity contribution in [1.29, 1.82) is 0 Å². The van der Waals surface area contributed by atoms with Crippen LogP contribution in [0.2, 0.25) is 0 Å². The minimum absolute atomic E-state index is 0.205. The van der Waals surface area contributed by atoms with Gasteiger partial charge in [0.25, 0.3) is 0 Å². The quantitative estimate of drug-likeness (QED) is 0.507. The number of likely N-dealkylation sites (tertiary alicyclic amines) is 1. The number of rotatable bonds is 2. The van der Waals surface area contributed by atoms with Gasteiger partial charge in [0.1, 0.15) is 0 Å². The Kier molecular flexibility index (Phi) is 1.56. The lowest BCUT2D eigenvalue weighted by Gasteiger charge is -2.36. The Bertz CT molecular complexity index is 142. The number of hydrogen-bond donors (Lipinski definition) is 0. The molecule has 0 aromatic heterocycles. The van der Waals surface area contributed by atoms with E-state index in [0.29, 0.717) is 12.5 Å². The molecule has 0 spiro atoms. The molecule has 2 nitrogen and oxygen atoms in total. The molecule has 0 saturated carbocycles. The summed E-state index contributed by atoms with van der Waals surface area (Å²) in [4.78, 5) is 12.4. The summed E-state index contributed by atoms with van der Waals surface area (Å²) in [6.45, 7) is 5.61. The van der Waals surface area contributed by atoms with Crippen LogP contribution < -0.4 is 0 Å². The fourth-order valence-electron chi connectivity index (χ4n) is 1.09. The van der Waals surface area contributed by atoms with E-state index in [1.165, 1.54) is 0 Å². The molecule has 50 valence electrons. The lowest BCUT2D eigenvalue weighted by atomic mass is 10.0. The summed E-state index contributed by atoms with van der Waals surface area (Å²) < 4.78 is 0. The molecule has 9 heavy (non-hydrogen) atoms. The maximum atomic E-state index is 10.7. The van der Waals surface area contributed by atoms with E-state index in [1.54, 1.807) is 11.1 Å². The highest BCUT2D eigenvalue weighted by Gasteiger charge is 2.31. The van der Waals surface area contributed by atoms with Crippen LogP contribution in [-0.2, 0) is 4.79 Å². The van der Waals surface area contributed by atoms with Crippen LogP contribution in [0, 0.1) is 0 Å². The first-order valence-corrected chi connectivity index (χ1v) is 3.23. The Labute approximate surface area is 55.2 Å². The zero-order chi connectivity index (χ0) is 6.85. The van der Waals surface area contributed by atoms with Crippen LogP contribution in [0.15, 0.2) is 12.8 Å². The number of nitrogens with zero attached hydrogens (tertiary/aromatic N) is 1. The minimum Gasteiger partial charge on any atom is -0.316 e. The maximum Gasteiger partial charge on any atom is 0.228 e. The molecule has 1 fully saturated rings.